The molecular formula is C9H13N5O2. The van der Waals surface area contributed by atoms with Crippen molar-refractivity contribution in [2.45, 2.75) is 26.9 Å². The fourth-order valence-electron chi connectivity index (χ4n) is 1.17. The molecular weight excluding hydrogens is 210 g/mol. The van der Waals surface area contributed by atoms with Crippen LogP contribution in [0.5, 0.6) is 0 Å². The Bertz CT molecular complexity index is 456. The molecule has 2 heterocycles. The third-order valence-electron chi connectivity index (χ3n) is 2.11. The lowest BCUT2D eigenvalue weighted by Crippen LogP contribution is -1.99. The van der Waals surface area contributed by atoms with E-state index in [1.807, 2.05) is 13.8 Å². The van der Waals surface area contributed by atoms with Gasteiger partial charge in [0.1, 0.15) is 5.76 Å². The highest BCUT2D eigenvalue weighted by molar-refractivity contribution is 5.18. The molecule has 7 nitrogen and oxygen atoms in total. The average molecular weight is 223 g/mol. The van der Waals surface area contributed by atoms with Gasteiger partial charge >= 0.3 is 6.01 Å². The number of aromatic nitrogens is 3. The normalized spacial score (nSPS) is 10.7. The molecule has 0 amide bonds. The Morgan fingerprint density at radius 1 is 1.19 bits per heavy atom. The predicted octanol–water partition coefficient (Wildman–Crippen LogP) is 0.745. The first-order chi connectivity index (χ1) is 7.69. The Balaban J connectivity index is 1.96. The van der Waals surface area contributed by atoms with Gasteiger partial charge in [0, 0.05) is 0 Å². The third kappa shape index (κ3) is 2.19. The van der Waals surface area contributed by atoms with Gasteiger partial charge in [-0.25, -0.2) is 4.98 Å². The van der Waals surface area contributed by atoms with Crippen LogP contribution in [0.1, 0.15) is 23.2 Å². The van der Waals surface area contributed by atoms with E-state index in [2.05, 4.69) is 20.5 Å². The molecule has 0 saturated carbocycles. The van der Waals surface area contributed by atoms with Gasteiger partial charge in [0.05, 0.1) is 18.8 Å². The molecule has 16 heavy (non-hydrogen) atoms. The van der Waals surface area contributed by atoms with Crippen molar-refractivity contribution >= 4 is 6.01 Å². The summed E-state index contributed by atoms with van der Waals surface area (Å²) in [6.45, 7) is 4.39. The van der Waals surface area contributed by atoms with Crippen LogP contribution in [0.4, 0.5) is 6.01 Å². The van der Waals surface area contributed by atoms with Crippen molar-refractivity contribution in [3.63, 3.8) is 0 Å². The standard InChI is InChI=1S/C9H13N5O2/c1-5-6(2)15-8(12-5)4-11-9-14-13-7(3-10)16-9/h3-4,10H2,1-2H3,(H,11,14). The maximum Gasteiger partial charge on any atom is 0.315 e. The van der Waals surface area contributed by atoms with Gasteiger partial charge in [-0.1, -0.05) is 5.10 Å². The molecule has 2 rings (SSSR count). The topological polar surface area (TPSA) is 103 Å². The SMILES string of the molecule is Cc1nc(CNc2nnc(CN)o2)oc1C. The van der Waals surface area contributed by atoms with E-state index in [-0.39, 0.29) is 6.54 Å². The van der Waals surface area contributed by atoms with E-state index in [9.17, 15) is 0 Å². The fraction of sp³-hybridized carbons (Fsp3) is 0.444. The van der Waals surface area contributed by atoms with Crippen LogP contribution < -0.4 is 11.1 Å². The molecule has 0 radical (unpaired) electrons. The van der Waals surface area contributed by atoms with Gasteiger partial charge < -0.3 is 19.9 Å². The minimum absolute atomic E-state index is 0.228. The molecule has 0 aliphatic heterocycles. The predicted molar refractivity (Wildman–Crippen MR) is 55.5 cm³/mol. The van der Waals surface area contributed by atoms with Crippen molar-refractivity contribution in [3.05, 3.63) is 23.2 Å². The summed E-state index contributed by atoms with van der Waals surface area (Å²) >= 11 is 0. The molecule has 0 fully saturated rings. The molecule has 7 heteroatoms. The van der Waals surface area contributed by atoms with Crippen LogP contribution in [0.3, 0.4) is 0 Å². The summed E-state index contributed by atoms with van der Waals surface area (Å²) < 4.78 is 10.5. The number of anilines is 1. The van der Waals surface area contributed by atoms with Crippen molar-refractivity contribution in [2.75, 3.05) is 5.32 Å². The van der Waals surface area contributed by atoms with E-state index in [1.54, 1.807) is 0 Å². The quantitative estimate of drug-likeness (QED) is 0.787. The molecule has 3 N–H and O–H groups in total. The van der Waals surface area contributed by atoms with E-state index in [0.717, 1.165) is 11.5 Å². The van der Waals surface area contributed by atoms with Gasteiger partial charge in [-0.3, -0.25) is 0 Å². The van der Waals surface area contributed by atoms with E-state index < -0.39 is 0 Å². The van der Waals surface area contributed by atoms with Crippen LogP contribution in [0, 0.1) is 13.8 Å². The number of nitrogens with one attached hydrogen (secondary N) is 1. The average Bonchev–Trinajstić information content (AvgIpc) is 2.84. The number of rotatable bonds is 4. The van der Waals surface area contributed by atoms with E-state index >= 15 is 0 Å². The van der Waals surface area contributed by atoms with Crippen molar-refractivity contribution in [3.8, 4) is 0 Å². The molecule has 2 aromatic rings. The van der Waals surface area contributed by atoms with E-state index in [0.29, 0.717) is 24.3 Å². The molecule has 0 saturated heterocycles. The second kappa shape index (κ2) is 4.31. The number of nitrogens with two attached hydrogens (primary N) is 1. The first-order valence-corrected chi connectivity index (χ1v) is 4.88. The molecule has 0 atom stereocenters. The molecule has 0 aliphatic rings. The number of hydrogen-bond donors (Lipinski definition) is 2. The van der Waals surface area contributed by atoms with Gasteiger partial charge in [0.25, 0.3) is 0 Å². The Kier molecular flexibility index (Phi) is 2.86. The largest absolute Gasteiger partial charge is 0.444 e. The molecule has 0 spiro atoms. The zero-order chi connectivity index (χ0) is 11.5. The lowest BCUT2D eigenvalue weighted by atomic mass is 10.4. The summed E-state index contributed by atoms with van der Waals surface area (Å²) in [6.07, 6.45) is 0. The molecule has 0 bridgehead atoms. The number of nitrogens with zero attached hydrogens (tertiary/aromatic N) is 3. The summed E-state index contributed by atoms with van der Waals surface area (Å²) in [5.74, 6) is 1.79. The Labute approximate surface area is 92.1 Å². The fourth-order valence-corrected chi connectivity index (χ4v) is 1.17. The van der Waals surface area contributed by atoms with Crippen molar-refractivity contribution < 1.29 is 8.83 Å². The number of aryl methyl sites for hydroxylation is 2. The first-order valence-electron chi connectivity index (χ1n) is 4.88. The first kappa shape index (κ1) is 10.6. The highest BCUT2D eigenvalue weighted by Gasteiger charge is 2.07. The van der Waals surface area contributed by atoms with E-state index in [1.165, 1.54) is 0 Å². The summed E-state index contributed by atoms with van der Waals surface area (Å²) in [5.41, 5.74) is 6.22. The van der Waals surface area contributed by atoms with Gasteiger partial charge in [0.15, 0.2) is 0 Å². The van der Waals surface area contributed by atoms with Crippen LogP contribution in [-0.2, 0) is 13.1 Å². The highest BCUT2D eigenvalue weighted by Crippen LogP contribution is 2.10. The second-order valence-corrected chi connectivity index (χ2v) is 3.31. The van der Waals surface area contributed by atoms with Gasteiger partial charge in [-0.2, -0.15) is 0 Å². The summed E-state index contributed by atoms with van der Waals surface area (Å²) in [7, 11) is 0. The number of hydrogen-bond acceptors (Lipinski definition) is 7. The molecule has 86 valence electrons. The molecule has 0 aromatic carbocycles. The van der Waals surface area contributed by atoms with Gasteiger partial charge in [0.2, 0.25) is 11.8 Å². The van der Waals surface area contributed by atoms with Crippen LogP contribution in [0.25, 0.3) is 0 Å². The maximum absolute atomic E-state index is 5.38. The van der Waals surface area contributed by atoms with Crippen LogP contribution in [0.15, 0.2) is 8.83 Å². The molecule has 2 aromatic heterocycles. The lowest BCUT2D eigenvalue weighted by Gasteiger charge is -1.95. The van der Waals surface area contributed by atoms with Crippen LogP contribution in [0.2, 0.25) is 0 Å². The third-order valence-corrected chi connectivity index (χ3v) is 2.11. The van der Waals surface area contributed by atoms with Crippen LogP contribution in [-0.4, -0.2) is 15.2 Å². The maximum atomic E-state index is 5.38. The monoisotopic (exact) mass is 223 g/mol. The Morgan fingerprint density at radius 2 is 2.00 bits per heavy atom. The summed E-state index contributed by atoms with van der Waals surface area (Å²) in [6, 6.07) is 0.314. The number of oxazole rings is 1. The van der Waals surface area contributed by atoms with E-state index in [4.69, 9.17) is 14.6 Å². The smallest absolute Gasteiger partial charge is 0.315 e. The second-order valence-electron chi connectivity index (χ2n) is 3.31. The van der Waals surface area contributed by atoms with Gasteiger partial charge in [-0.05, 0) is 13.8 Å². The Morgan fingerprint density at radius 3 is 2.56 bits per heavy atom. The van der Waals surface area contributed by atoms with Crippen molar-refractivity contribution in [1.29, 1.82) is 0 Å². The van der Waals surface area contributed by atoms with Crippen LogP contribution >= 0.6 is 0 Å². The minimum atomic E-state index is 0.228. The zero-order valence-corrected chi connectivity index (χ0v) is 9.15. The minimum Gasteiger partial charge on any atom is -0.444 e. The van der Waals surface area contributed by atoms with Gasteiger partial charge in [-0.15, -0.1) is 5.10 Å². The summed E-state index contributed by atoms with van der Waals surface area (Å²) in [5, 5.41) is 10.4. The van der Waals surface area contributed by atoms with Crippen molar-refractivity contribution in [2.24, 2.45) is 5.73 Å². The molecule has 0 unspecified atom stereocenters. The Hall–Kier alpha value is -1.89. The lowest BCUT2D eigenvalue weighted by molar-refractivity contribution is 0.469. The summed E-state index contributed by atoms with van der Waals surface area (Å²) in [4.78, 5) is 4.21. The zero-order valence-electron chi connectivity index (χ0n) is 9.15. The highest BCUT2D eigenvalue weighted by atomic mass is 16.4. The van der Waals surface area contributed by atoms with Crippen molar-refractivity contribution in [1.82, 2.24) is 15.2 Å². The molecule has 0 aliphatic carbocycles.